The second-order valence-corrected chi connectivity index (χ2v) is 3.79. The number of hydrogen-bond donors (Lipinski definition) is 1. The Morgan fingerprint density at radius 1 is 1.59 bits per heavy atom. The molecule has 6 heteroatoms. The number of pyridine rings is 1. The molecule has 0 spiro atoms. The summed E-state index contributed by atoms with van der Waals surface area (Å²) in [6.45, 7) is 0.130. The Morgan fingerprint density at radius 3 is 2.94 bits per heavy atom. The number of aliphatic carboxylic acids is 1. The summed E-state index contributed by atoms with van der Waals surface area (Å²) >= 11 is 0. The van der Waals surface area contributed by atoms with Gasteiger partial charge in [0.1, 0.15) is 6.07 Å². The highest BCUT2D eigenvalue weighted by molar-refractivity contribution is 5.99. The quantitative estimate of drug-likeness (QED) is 0.794. The lowest BCUT2D eigenvalue weighted by Gasteiger charge is -2.15. The zero-order chi connectivity index (χ0) is 12.4. The van der Waals surface area contributed by atoms with Gasteiger partial charge in [-0.25, -0.2) is 0 Å². The van der Waals surface area contributed by atoms with Crippen LogP contribution in [0.2, 0.25) is 0 Å². The van der Waals surface area contributed by atoms with Crippen molar-refractivity contribution in [3.8, 4) is 6.07 Å². The van der Waals surface area contributed by atoms with Gasteiger partial charge in [0, 0.05) is 19.2 Å². The van der Waals surface area contributed by atoms with Crippen molar-refractivity contribution in [2.45, 2.75) is 6.42 Å². The van der Waals surface area contributed by atoms with Crippen LogP contribution < -0.4 is 4.90 Å². The van der Waals surface area contributed by atoms with Crippen LogP contribution in [0.15, 0.2) is 18.5 Å². The molecule has 0 saturated carbocycles. The Kier molecular flexibility index (Phi) is 2.75. The van der Waals surface area contributed by atoms with Gasteiger partial charge in [0.25, 0.3) is 0 Å². The average Bonchev–Trinajstić information content (AvgIpc) is 2.72. The zero-order valence-corrected chi connectivity index (χ0v) is 8.83. The van der Waals surface area contributed by atoms with Crippen molar-refractivity contribution in [3.05, 3.63) is 24.0 Å². The van der Waals surface area contributed by atoms with E-state index in [-0.39, 0.29) is 18.9 Å². The molecule has 1 N–H and O–H groups in total. The minimum Gasteiger partial charge on any atom is -0.481 e. The van der Waals surface area contributed by atoms with Gasteiger partial charge < -0.3 is 10.0 Å². The minimum atomic E-state index is -0.981. The lowest BCUT2D eigenvalue weighted by Crippen LogP contribution is -2.25. The number of carbonyl (C=O) groups excluding carboxylic acids is 1. The Hall–Kier alpha value is -2.42. The summed E-state index contributed by atoms with van der Waals surface area (Å²) in [5.41, 5.74) is 0.812. The van der Waals surface area contributed by atoms with E-state index in [1.807, 2.05) is 6.07 Å². The summed E-state index contributed by atoms with van der Waals surface area (Å²) in [5, 5.41) is 17.6. The summed E-state index contributed by atoms with van der Waals surface area (Å²) in [6, 6.07) is 3.45. The minimum absolute atomic E-state index is 0.00782. The molecule has 1 aliphatic heterocycles. The second kappa shape index (κ2) is 4.22. The Bertz CT molecular complexity index is 521. The number of hydrogen-bond acceptors (Lipinski definition) is 4. The number of nitrogens with zero attached hydrogens (tertiary/aromatic N) is 3. The summed E-state index contributed by atoms with van der Waals surface area (Å²) in [6.07, 6.45) is 2.83. The van der Waals surface area contributed by atoms with Gasteiger partial charge in [0.15, 0.2) is 0 Å². The molecule has 2 heterocycles. The Labute approximate surface area is 97.1 Å². The van der Waals surface area contributed by atoms with E-state index in [9.17, 15) is 9.59 Å². The SMILES string of the molecule is N#Cc1cncc(N2CC(C(=O)O)CC2=O)c1. The fraction of sp³-hybridized carbons (Fsp3) is 0.273. The van der Waals surface area contributed by atoms with Crippen molar-refractivity contribution in [1.29, 1.82) is 5.26 Å². The van der Waals surface area contributed by atoms with Crippen LogP contribution in [-0.2, 0) is 9.59 Å². The molecular weight excluding hydrogens is 222 g/mol. The molecule has 0 bridgehead atoms. The summed E-state index contributed by atoms with van der Waals surface area (Å²) in [4.78, 5) is 27.6. The van der Waals surface area contributed by atoms with Crippen LogP contribution >= 0.6 is 0 Å². The third-order valence-electron chi connectivity index (χ3n) is 2.64. The highest BCUT2D eigenvalue weighted by Gasteiger charge is 2.35. The topological polar surface area (TPSA) is 94.3 Å². The van der Waals surface area contributed by atoms with Gasteiger partial charge in [0.2, 0.25) is 5.91 Å². The maximum atomic E-state index is 11.6. The number of amides is 1. The first kappa shape index (κ1) is 11.1. The van der Waals surface area contributed by atoms with Crippen LogP contribution in [0.5, 0.6) is 0 Å². The van der Waals surface area contributed by atoms with Gasteiger partial charge in [-0.3, -0.25) is 14.6 Å². The number of carbonyl (C=O) groups is 2. The van der Waals surface area contributed by atoms with Crippen LogP contribution in [-0.4, -0.2) is 28.5 Å². The van der Waals surface area contributed by atoms with Crippen molar-refractivity contribution >= 4 is 17.6 Å². The molecule has 1 amide bonds. The van der Waals surface area contributed by atoms with Gasteiger partial charge >= 0.3 is 5.97 Å². The van der Waals surface area contributed by atoms with Crippen LogP contribution in [0.25, 0.3) is 0 Å². The predicted octanol–water partition coefficient (Wildman–Crippen LogP) is 0.391. The Morgan fingerprint density at radius 2 is 2.35 bits per heavy atom. The highest BCUT2D eigenvalue weighted by atomic mass is 16.4. The van der Waals surface area contributed by atoms with Gasteiger partial charge in [-0.1, -0.05) is 0 Å². The average molecular weight is 231 g/mol. The molecule has 2 rings (SSSR count). The molecule has 86 valence electrons. The molecule has 0 aromatic carbocycles. The van der Waals surface area contributed by atoms with E-state index in [2.05, 4.69) is 4.98 Å². The van der Waals surface area contributed by atoms with Crippen LogP contribution in [0.3, 0.4) is 0 Å². The van der Waals surface area contributed by atoms with Gasteiger partial charge in [-0.05, 0) is 6.07 Å². The molecule has 1 aromatic heterocycles. The largest absolute Gasteiger partial charge is 0.481 e. The van der Waals surface area contributed by atoms with E-state index < -0.39 is 11.9 Å². The van der Waals surface area contributed by atoms with E-state index in [1.165, 1.54) is 23.4 Å². The maximum Gasteiger partial charge on any atom is 0.308 e. The van der Waals surface area contributed by atoms with E-state index in [0.29, 0.717) is 11.3 Å². The lowest BCUT2D eigenvalue weighted by atomic mass is 10.1. The maximum absolute atomic E-state index is 11.6. The third-order valence-corrected chi connectivity index (χ3v) is 2.64. The van der Waals surface area contributed by atoms with Crippen molar-refractivity contribution < 1.29 is 14.7 Å². The molecule has 1 unspecified atom stereocenters. The van der Waals surface area contributed by atoms with E-state index >= 15 is 0 Å². The number of nitriles is 1. The lowest BCUT2D eigenvalue weighted by molar-refractivity contribution is -0.141. The third kappa shape index (κ3) is 2.08. The number of anilines is 1. The highest BCUT2D eigenvalue weighted by Crippen LogP contribution is 2.24. The first-order chi connectivity index (χ1) is 8.11. The molecule has 0 aliphatic carbocycles. The fourth-order valence-electron chi connectivity index (χ4n) is 1.76. The zero-order valence-electron chi connectivity index (χ0n) is 8.83. The van der Waals surface area contributed by atoms with Crippen molar-refractivity contribution in [3.63, 3.8) is 0 Å². The number of carboxylic acids is 1. The van der Waals surface area contributed by atoms with Gasteiger partial charge in [-0.2, -0.15) is 5.26 Å². The molecule has 1 atom stereocenters. The summed E-state index contributed by atoms with van der Waals surface area (Å²) in [5.74, 6) is -1.92. The van der Waals surface area contributed by atoms with Crippen LogP contribution in [0, 0.1) is 17.2 Å². The number of aromatic nitrogens is 1. The second-order valence-electron chi connectivity index (χ2n) is 3.79. The van der Waals surface area contributed by atoms with Crippen molar-refractivity contribution in [1.82, 2.24) is 4.98 Å². The van der Waals surface area contributed by atoms with Crippen molar-refractivity contribution in [2.24, 2.45) is 5.92 Å². The fourth-order valence-corrected chi connectivity index (χ4v) is 1.76. The van der Waals surface area contributed by atoms with E-state index in [1.54, 1.807) is 0 Å². The molecule has 17 heavy (non-hydrogen) atoms. The standard InChI is InChI=1S/C11H9N3O3/c12-3-7-1-9(5-13-4-7)14-6-8(11(16)17)2-10(14)15/h1,4-5,8H,2,6H2,(H,16,17). The monoisotopic (exact) mass is 231 g/mol. The predicted molar refractivity (Wildman–Crippen MR) is 57.0 cm³/mol. The molecule has 1 fully saturated rings. The normalized spacial score (nSPS) is 19.1. The van der Waals surface area contributed by atoms with Gasteiger partial charge in [0.05, 0.1) is 23.4 Å². The molecule has 1 aliphatic rings. The van der Waals surface area contributed by atoms with Crippen LogP contribution in [0.4, 0.5) is 5.69 Å². The molecule has 1 aromatic rings. The van der Waals surface area contributed by atoms with E-state index in [0.717, 1.165) is 0 Å². The number of rotatable bonds is 2. The molecular formula is C11H9N3O3. The van der Waals surface area contributed by atoms with Gasteiger partial charge in [-0.15, -0.1) is 0 Å². The molecule has 1 saturated heterocycles. The van der Waals surface area contributed by atoms with Crippen LogP contribution in [0.1, 0.15) is 12.0 Å². The first-order valence-electron chi connectivity index (χ1n) is 5.00. The molecule has 6 nitrogen and oxygen atoms in total. The smallest absolute Gasteiger partial charge is 0.308 e. The first-order valence-corrected chi connectivity index (χ1v) is 5.00. The summed E-state index contributed by atoms with van der Waals surface area (Å²) in [7, 11) is 0. The number of carboxylic acid groups (broad SMARTS) is 1. The summed E-state index contributed by atoms with van der Waals surface area (Å²) < 4.78 is 0. The molecule has 0 radical (unpaired) electrons. The van der Waals surface area contributed by atoms with Crippen molar-refractivity contribution in [2.75, 3.05) is 11.4 Å². The van der Waals surface area contributed by atoms with E-state index in [4.69, 9.17) is 10.4 Å². The Balaban J connectivity index is 2.26.